The predicted octanol–water partition coefficient (Wildman–Crippen LogP) is 4.26. The van der Waals surface area contributed by atoms with Gasteiger partial charge in [-0.15, -0.1) is 11.3 Å². The van der Waals surface area contributed by atoms with E-state index in [1.54, 1.807) is 0 Å². The molecule has 0 bridgehead atoms. The van der Waals surface area contributed by atoms with E-state index in [-0.39, 0.29) is 16.5 Å². The fourth-order valence-electron chi connectivity index (χ4n) is 1.58. The molecule has 0 radical (unpaired) electrons. The molecule has 0 aromatic carbocycles. The van der Waals surface area contributed by atoms with Crippen LogP contribution in [0.25, 0.3) is 0 Å². The molecular weight excluding hydrogens is 273 g/mol. The topological polar surface area (TPSA) is 24.9 Å². The first kappa shape index (κ1) is 16.4. The average Bonchev–Trinajstić information content (AvgIpc) is 2.54. The van der Waals surface area contributed by atoms with Gasteiger partial charge < -0.3 is 5.32 Å². The molecule has 0 atom stereocenters. The Morgan fingerprint density at radius 2 is 1.79 bits per heavy atom. The van der Waals surface area contributed by atoms with Gasteiger partial charge in [0.2, 0.25) is 0 Å². The normalized spacial score (nSPS) is 13.3. The van der Waals surface area contributed by atoms with Crippen molar-refractivity contribution in [1.82, 2.24) is 10.3 Å². The van der Waals surface area contributed by atoms with Crippen LogP contribution in [0, 0.1) is 0 Å². The third-order valence-electron chi connectivity index (χ3n) is 2.45. The molecule has 2 nitrogen and oxygen atoms in total. The molecule has 1 rings (SSSR count). The summed E-state index contributed by atoms with van der Waals surface area (Å²) >= 11 is 1.16. The van der Waals surface area contributed by atoms with Crippen molar-refractivity contribution in [2.24, 2.45) is 0 Å². The minimum atomic E-state index is -4.19. The summed E-state index contributed by atoms with van der Waals surface area (Å²) in [4.78, 5) is 5.06. The molecule has 1 heterocycles. The summed E-state index contributed by atoms with van der Waals surface area (Å²) < 4.78 is 37.2. The Kier molecular flexibility index (Phi) is 5.01. The van der Waals surface area contributed by atoms with Gasteiger partial charge in [0.1, 0.15) is 5.01 Å². The number of nitrogens with one attached hydrogen (secondary N) is 1. The van der Waals surface area contributed by atoms with Crippen LogP contribution in [0.4, 0.5) is 13.2 Å². The summed E-state index contributed by atoms with van der Waals surface area (Å²) in [5.74, 6) is 0.134. The fraction of sp³-hybridized carbons (Fsp3) is 0.769. The van der Waals surface area contributed by atoms with E-state index in [1.165, 1.54) is 0 Å². The lowest BCUT2D eigenvalue weighted by molar-refractivity contribution is -0.127. The van der Waals surface area contributed by atoms with Gasteiger partial charge in [0, 0.05) is 17.0 Å². The number of rotatable bonds is 4. The van der Waals surface area contributed by atoms with Gasteiger partial charge in [0.25, 0.3) is 0 Å². The van der Waals surface area contributed by atoms with Crippen LogP contribution in [0.15, 0.2) is 0 Å². The summed E-state index contributed by atoms with van der Waals surface area (Å²) in [5, 5.41) is 3.45. The van der Waals surface area contributed by atoms with Crippen LogP contribution < -0.4 is 5.32 Å². The monoisotopic (exact) mass is 294 g/mol. The molecule has 0 saturated heterocycles. The van der Waals surface area contributed by atoms with Crippen molar-refractivity contribution in [2.75, 3.05) is 0 Å². The quantitative estimate of drug-likeness (QED) is 0.897. The molecule has 1 aromatic rings. The third kappa shape index (κ3) is 5.91. The van der Waals surface area contributed by atoms with Crippen LogP contribution in [-0.2, 0) is 13.0 Å². The minimum absolute atomic E-state index is 0.0670. The van der Waals surface area contributed by atoms with E-state index in [1.807, 2.05) is 34.6 Å². The number of hydrogen-bond acceptors (Lipinski definition) is 3. The van der Waals surface area contributed by atoms with Gasteiger partial charge in [-0.05, 0) is 26.7 Å². The Balaban J connectivity index is 2.89. The molecule has 0 aliphatic carbocycles. The molecule has 0 aliphatic rings. The second-order valence-corrected chi connectivity index (χ2v) is 7.13. The van der Waals surface area contributed by atoms with Gasteiger partial charge in [-0.1, -0.05) is 13.8 Å². The van der Waals surface area contributed by atoms with Crippen molar-refractivity contribution in [3.63, 3.8) is 0 Å². The van der Waals surface area contributed by atoms with E-state index in [9.17, 15) is 13.2 Å². The van der Waals surface area contributed by atoms with E-state index in [4.69, 9.17) is 0 Å². The van der Waals surface area contributed by atoms with Crippen LogP contribution >= 0.6 is 11.3 Å². The first-order chi connectivity index (χ1) is 8.48. The maximum Gasteiger partial charge on any atom is 0.395 e. The second-order valence-electron chi connectivity index (χ2n) is 5.97. The van der Waals surface area contributed by atoms with Crippen molar-refractivity contribution in [2.45, 2.75) is 65.2 Å². The Morgan fingerprint density at radius 1 is 1.21 bits per heavy atom. The predicted molar refractivity (Wildman–Crippen MR) is 72.6 cm³/mol. The zero-order chi connectivity index (χ0) is 14.8. The Morgan fingerprint density at radius 3 is 2.21 bits per heavy atom. The summed E-state index contributed by atoms with van der Waals surface area (Å²) in [6, 6.07) is 0. The van der Waals surface area contributed by atoms with Crippen LogP contribution in [0.2, 0.25) is 0 Å². The molecular formula is C13H21F3N2S. The third-order valence-corrected chi connectivity index (χ3v) is 3.52. The molecule has 19 heavy (non-hydrogen) atoms. The SMILES string of the molecule is CC(C)c1nc(CC(F)(F)F)sc1CNC(C)(C)C. The van der Waals surface area contributed by atoms with Crippen molar-refractivity contribution >= 4 is 11.3 Å². The highest BCUT2D eigenvalue weighted by molar-refractivity contribution is 7.11. The maximum atomic E-state index is 12.4. The van der Waals surface area contributed by atoms with Crippen molar-refractivity contribution in [3.8, 4) is 0 Å². The highest BCUT2D eigenvalue weighted by atomic mass is 32.1. The lowest BCUT2D eigenvalue weighted by atomic mass is 10.1. The van der Waals surface area contributed by atoms with Crippen LogP contribution in [0.1, 0.15) is 56.1 Å². The van der Waals surface area contributed by atoms with Crippen molar-refractivity contribution in [1.29, 1.82) is 0 Å². The molecule has 110 valence electrons. The molecule has 0 unspecified atom stereocenters. The Labute approximate surface area is 116 Å². The number of thiazole rings is 1. The average molecular weight is 294 g/mol. The molecule has 1 N–H and O–H groups in total. The fourth-order valence-corrected chi connectivity index (χ4v) is 2.78. The first-order valence-corrected chi connectivity index (χ1v) is 7.10. The number of nitrogens with zero attached hydrogens (tertiary/aromatic N) is 1. The molecule has 1 aromatic heterocycles. The second kappa shape index (κ2) is 5.79. The largest absolute Gasteiger partial charge is 0.395 e. The smallest absolute Gasteiger partial charge is 0.307 e. The van der Waals surface area contributed by atoms with Gasteiger partial charge in [-0.25, -0.2) is 4.98 Å². The number of aromatic nitrogens is 1. The van der Waals surface area contributed by atoms with E-state index in [2.05, 4.69) is 10.3 Å². The zero-order valence-electron chi connectivity index (χ0n) is 12.0. The summed E-state index contributed by atoms with van der Waals surface area (Å²) in [6.45, 7) is 10.5. The number of hydrogen-bond donors (Lipinski definition) is 1. The first-order valence-electron chi connectivity index (χ1n) is 6.28. The van der Waals surface area contributed by atoms with E-state index < -0.39 is 12.6 Å². The van der Waals surface area contributed by atoms with Gasteiger partial charge in [0.15, 0.2) is 0 Å². The number of halogens is 3. The van der Waals surface area contributed by atoms with E-state index >= 15 is 0 Å². The zero-order valence-corrected chi connectivity index (χ0v) is 12.8. The highest BCUT2D eigenvalue weighted by Crippen LogP contribution is 2.30. The Hall–Kier alpha value is -0.620. The van der Waals surface area contributed by atoms with Crippen molar-refractivity contribution in [3.05, 3.63) is 15.6 Å². The minimum Gasteiger partial charge on any atom is -0.307 e. The van der Waals surface area contributed by atoms with E-state index in [0.29, 0.717) is 6.54 Å². The molecule has 6 heteroatoms. The lowest BCUT2D eigenvalue weighted by Gasteiger charge is -2.20. The molecule has 0 spiro atoms. The Bertz CT molecular complexity index is 417. The van der Waals surface area contributed by atoms with Crippen LogP contribution in [0.5, 0.6) is 0 Å². The van der Waals surface area contributed by atoms with Crippen LogP contribution in [0.3, 0.4) is 0 Å². The molecule has 0 fully saturated rings. The summed E-state index contributed by atoms with van der Waals surface area (Å²) in [5.41, 5.74) is 0.712. The lowest BCUT2D eigenvalue weighted by Crippen LogP contribution is -2.35. The number of alkyl halides is 3. The summed E-state index contributed by atoms with van der Waals surface area (Å²) in [6.07, 6.45) is -5.13. The molecule has 0 aliphatic heterocycles. The highest BCUT2D eigenvalue weighted by Gasteiger charge is 2.30. The van der Waals surface area contributed by atoms with Gasteiger partial charge in [-0.3, -0.25) is 0 Å². The maximum absolute atomic E-state index is 12.4. The van der Waals surface area contributed by atoms with Crippen LogP contribution in [-0.4, -0.2) is 16.7 Å². The molecule has 0 amide bonds. The standard InChI is InChI=1S/C13H21F3N2S/c1-8(2)11-9(7-17-12(3,4)5)19-10(18-11)6-13(14,15)16/h8,17H,6-7H2,1-5H3. The van der Waals surface area contributed by atoms with Gasteiger partial charge in [0.05, 0.1) is 12.1 Å². The summed E-state index contributed by atoms with van der Waals surface area (Å²) in [7, 11) is 0. The van der Waals surface area contributed by atoms with E-state index in [0.717, 1.165) is 21.9 Å². The van der Waals surface area contributed by atoms with Crippen molar-refractivity contribution < 1.29 is 13.2 Å². The van der Waals surface area contributed by atoms with Gasteiger partial charge >= 0.3 is 6.18 Å². The van der Waals surface area contributed by atoms with Gasteiger partial charge in [-0.2, -0.15) is 13.2 Å². The molecule has 0 saturated carbocycles.